The van der Waals surface area contributed by atoms with E-state index in [1.807, 2.05) is 29.2 Å². The Morgan fingerprint density at radius 1 is 1.09 bits per heavy atom. The Morgan fingerprint density at radius 3 is 2.57 bits per heavy atom. The number of aromatic nitrogens is 1. The van der Waals surface area contributed by atoms with Crippen molar-refractivity contribution in [2.75, 3.05) is 26.2 Å². The molecule has 184 valence electrons. The highest BCUT2D eigenvalue weighted by molar-refractivity contribution is 5.78. The molecule has 0 unspecified atom stereocenters. The van der Waals surface area contributed by atoms with Gasteiger partial charge in [0.2, 0.25) is 5.91 Å². The lowest BCUT2D eigenvalue weighted by molar-refractivity contribution is -0.135. The summed E-state index contributed by atoms with van der Waals surface area (Å²) in [6.07, 6.45) is 9.44. The van der Waals surface area contributed by atoms with E-state index >= 15 is 0 Å². The number of carbonyl (C=O) groups is 1. The predicted octanol–water partition coefficient (Wildman–Crippen LogP) is 2.73. The van der Waals surface area contributed by atoms with Crippen LogP contribution >= 0.6 is 0 Å². The first kappa shape index (κ1) is 24.0. The summed E-state index contributed by atoms with van der Waals surface area (Å²) in [4.78, 5) is 21.7. The Balaban J connectivity index is 1.31. The summed E-state index contributed by atoms with van der Waals surface area (Å²) in [7, 11) is 0. The third-order valence-electron chi connectivity index (χ3n) is 7.97. The summed E-state index contributed by atoms with van der Waals surface area (Å²) in [6, 6.07) is 12.3. The third-order valence-corrected chi connectivity index (χ3v) is 7.97. The molecule has 2 aliphatic heterocycles. The molecule has 3 atom stereocenters. The molecule has 3 heterocycles. The lowest BCUT2D eigenvalue weighted by Gasteiger charge is -2.57. The largest absolute Gasteiger partial charge is 0.395 e. The van der Waals surface area contributed by atoms with Gasteiger partial charge in [0, 0.05) is 49.0 Å². The second-order valence-electron chi connectivity index (χ2n) is 10.3. The summed E-state index contributed by atoms with van der Waals surface area (Å²) in [5.74, 6) is 6.55. The van der Waals surface area contributed by atoms with Crippen LogP contribution in [-0.2, 0) is 11.2 Å². The van der Waals surface area contributed by atoms with Crippen LogP contribution in [0.2, 0.25) is 0 Å². The van der Waals surface area contributed by atoms with Crippen LogP contribution < -0.4 is 0 Å². The van der Waals surface area contributed by atoms with Gasteiger partial charge in [-0.05, 0) is 74.4 Å². The minimum atomic E-state index is -0.834. The van der Waals surface area contributed by atoms with Crippen molar-refractivity contribution in [2.24, 2.45) is 0 Å². The highest BCUT2D eigenvalue weighted by atomic mass is 16.3. The fraction of sp³-hybridized carbons (Fsp3) is 0.517. The molecular formula is C29H35N3O3. The predicted molar refractivity (Wildman–Crippen MR) is 135 cm³/mol. The third kappa shape index (κ3) is 5.28. The molecule has 6 heteroatoms. The molecule has 35 heavy (non-hydrogen) atoms. The zero-order valence-electron chi connectivity index (χ0n) is 20.3. The Morgan fingerprint density at radius 2 is 1.86 bits per heavy atom. The van der Waals surface area contributed by atoms with Gasteiger partial charge in [-0.2, -0.15) is 0 Å². The van der Waals surface area contributed by atoms with E-state index in [-0.39, 0.29) is 30.5 Å². The molecule has 2 N–H and O–H groups in total. The van der Waals surface area contributed by atoms with Gasteiger partial charge in [0.25, 0.3) is 0 Å². The lowest BCUT2D eigenvalue weighted by atomic mass is 9.74. The second-order valence-corrected chi connectivity index (χ2v) is 10.3. The van der Waals surface area contributed by atoms with Crippen LogP contribution in [0.3, 0.4) is 0 Å². The molecule has 1 aromatic heterocycles. The Hall–Kier alpha value is -2.72. The standard InChI is InChI=1S/C29H35N3O3/c33-21-26-28(24-9-7-22(8-10-24)11-14-29(35)12-1-2-13-29)25-20-31(16-3-4-17-32(25)26)27(34)18-23-6-5-15-30-19-23/h5-10,15,19,25-26,28,33,35H,1-4,12-13,16-18,20-21H2/t25-,26+,28+/m1/s1. The first-order valence-electron chi connectivity index (χ1n) is 13.0. The number of rotatable bonds is 4. The molecule has 1 saturated carbocycles. The van der Waals surface area contributed by atoms with E-state index in [2.05, 4.69) is 33.9 Å². The molecule has 3 fully saturated rings. The normalized spacial score (nSPS) is 26.0. The number of pyridine rings is 1. The maximum absolute atomic E-state index is 13.1. The minimum Gasteiger partial charge on any atom is -0.395 e. The van der Waals surface area contributed by atoms with Crippen LogP contribution in [0.15, 0.2) is 48.8 Å². The SMILES string of the molecule is O=C(Cc1cccnc1)N1CCCCN2[C@H](C1)[C@H](c1ccc(C#CC3(O)CCCC3)cc1)[C@@H]2CO. The molecule has 1 aliphatic carbocycles. The van der Waals surface area contributed by atoms with Crippen molar-refractivity contribution in [2.45, 2.75) is 68.5 Å². The van der Waals surface area contributed by atoms with E-state index in [0.717, 1.165) is 62.7 Å². The van der Waals surface area contributed by atoms with Gasteiger partial charge in [0.05, 0.1) is 13.0 Å². The van der Waals surface area contributed by atoms with Gasteiger partial charge in [-0.1, -0.05) is 30.0 Å². The van der Waals surface area contributed by atoms with Gasteiger partial charge in [0.1, 0.15) is 5.60 Å². The molecule has 2 aromatic rings. The average Bonchev–Trinajstić information content (AvgIpc) is 3.30. The minimum absolute atomic E-state index is 0.0736. The van der Waals surface area contributed by atoms with Crippen LogP contribution in [0.4, 0.5) is 0 Å². The summed E-state index contributed by atoms with van der Waals surface area (Å²) in [6.45, 7) is 2.52. The number of hydrogen-bond acceptors (Lipinski definition) is 5. The number of carbonyl (C=O) groups excluding carboxylic acids is 1. The van der Waals surface area contributed by atoms with E-state index < -0.39 is 5.60 Å². The van der Waals surface area contributed by atoms with Crippen LogP contribution in [0, 0.1) is 11.8 Å². The number of fused-ring (bicyclic) bond motifs is 1. The fourth-order valence-corrected chi connectivity index (χ4v) is 6.02. The molecule has 2 saturated heterocycles. The summed E-state index contributed by atoms with van der Waals surface area (Å²) < 4.78 is 0. The van der Waals surface area contributed by atoms with Gasteiger partial charge in [-0.3, -0.25) is 14.7 Å². The maximum atomic E-state index is 13.1. The highest BCUT2D eigenvalue weighted by Crippen LogP contribution is 2.42. The smallest absolute Gasteiger partial charge is 0.227 e. The van der Waals surface area contributed by atoms with Crippen molar-refractivity contribution in [3.8, 4) is 11.8 Å². The van der Waals surface area contributed by atoms with Crippen molar-refractivity contribution < 1.29 is 15.0 Å². The van der Waals surface area contributed by atoms with Gasteiger partial charge < -0.3 is 15.1 Å². The second kappa shape index (κ2) is 10.5. The average molecular weight is 474 g/mol. The number of benzene rings is 1. The first-order chi connectivity index (χ1) is 17.1. The van der Waals surface area contributed by atoms with Crippen molar-refractivity contribution >= 4 is 5.91 Å². The number of aliphatic hydroxyl groups is 2. The molecule has 0 radical (unpaired) electrons. The summed E-state index contributed by atoms with van der Waals surface area (Å²) in [5.41, 5.74) is 2.18. The van der Waals surface area contributed by atoms with Gasteiger partial charge in [0.15, 0.2) is 0 Å². The Labute approximate surface area is 208 Å². The molecule has 3 aliphatic rings. The zero-order chi connectivity index (χ0) is 24.3. The van der Waals surface area contributed by atoms with Crippen molar-refractivity contribution in [1.29, 1.82) is 0 Å². The number of amides is 1. The summed E-state index contributed by atoms with van der Waals surface area (Å²) in [5, 5.41) is 20.7. The summed E-state index contributed by atoms with van der Waals surface area (Å²) >= 11 is 0. The van der Waals surface area contributed by atoms with Crippen LogP contribution in [-0.4, -0.2) is 74.8 Å². The highest BCUT2D eigenvalue weighted by Gasteiger charge is 2.49. The van der Waals surface area contributed by atoms with Crippen molar-refractivity contribution in [3.05, 3.63) is 65.5 Å². The van der Waals surface area contributed by atoms with E-state index in [4.69, 9.17) is 0 Å². The fourth-order valence-electron chi connectivity index (χ4n) is 6.02. The van der Waals surface area contributed by atoms with Crippen LogP contribution in [0.1, 0.15) is 61.1 Å². The quantitative estimate of drug-likeness (QED) is 0.668. The monoisotopic (exact) mass is 473 g/mol. The van der Waals surface area contributed by atoms with Crippen molar-refractivity contribution in [1.82, 2.24) is 14.8 Å². The molecule has 6 nitrogen and oxygen atoms in total. The van der Waals surface area contributed by atoms with E-state index in [1.165, 1.54) is 5.56 Å². The molecule has 1 amide bonds. The molecule has 0 spiro atoms. The topological polar surface area (TPSA) is 76.9 Å². The Bertz CT molecular complexity index is 1070. The zero-order valence-corrected chi connectivity index (χ0v) is 20.3. The van der Waals surface area contributed by atoms with E-state index in [9.17, 15) is 15.0 Å². The maximum Gasteiger partial charge on any atom is 0.227 e. The van der Waals surface area contributed by atoms with Crippen LogP contribution in [0.25, 0.3) is 0 Å². The molecule has 0 bridgehead atoms. The van der Waals surface area contributed by atoms with Crippen molar-refractivity contribution in [3.63, 3.8) is 0 Å². The lowest BCUT2D eigenvalue weighted by Crippen LogP contribution is -2.68. The number of hydrogen-bond donors (Lipinski definition) is 2. The van der Waals surface area contributed by atoms with Gasteiger partial charge >= 0.3 is 0 Å². The molecule has 1 aromatic carbocycles. The Kier molecular flexibility index (Phi) is 7.19. The first-order valence-corrected chi connectivity index (χ1v) is 13.0. The molecular weight excluding hydrogens is 438 g/mol. The van der Waals surface area contributed by atoms with E-state index in [0.29, 0.717) is 13.0 Å². The van der Waals surface area contributed by atoms with Gasteiger partial charge in [-0.25, -0.2) is 0 Å². The van der Waals surface area contributed by atoms with Gasteiger partial charge in [-0.15, -0.1) is 0 Å². The molecule has 5 rings (SSSR count). The van der Waals surface area contributed by atoms with Crippen LogP contribution in [0.5, 0.6) is 0 Å². The number of nitrogens with zero attached hydrogens (tertiary/aromatic N) is 3. The van der Waals surface area contributed by atoms with E-state index in [1.54, 1.807) is 12.4 Å². The number of aliphatic hydroxyl groups excluding tert-OH is 1.